The van der Waals surface area contributed by atoms with Gasteiger partial charge in [-0.05, 0) is 44.7 Å². The first kappa shape index (κ1) is 14.9. The van der Waals surface area contributed by atoms with Crippen LogP contribution in [0, 0.1) is 5.92 Å². The normalized spacial score (nSPS) is 19.4. The van der Waals surface area contributed by atoms with E-state index >= 15 is 0 Å². The third-order valence-electron chi connectivity index (χ3n) is 3.36. The highest BCUT2D eigenvalue weighted by atomic mass is 16.6. The molecule has 1 aliphatic rings. The molecule has 1 saturated heterocycles. The van der Waals surface area contributed by atoms with Crippen molar-refractivity contribution in [1.29, 1.82) is 0 Å². The third kappa shape index (κ3) is 4.56. The molecule has 0 spiro atoms. The zero-order valence-electron chi connectivity index (χ0n) is 12.6. The minimum Gasteiger partial charge on any atom is -0.444 e. The van der Waals surface area contributed by atoms with Crippen LogP contribution in [0.25, 0.3) is 0 Å². The van der Waals surface area contributed by atoms with Gasteiger partial charge in [-0.1, -0.05) is 0 Å². The van der Waals surface area contributed by atoms with Gasteiger partial charge in [0, 0.05) is 38.6 Å². The second-order valence-corrected chi connectivity index (χ2v) is 6.43. The molecule has 1 amide bonds. The van der Waals surface area contributed by atoms with E-state index in [4.69, 9.17) is 4.74 Å². The lowest BCUT2D eigenvalue weighted by Crippen LogP contribution is -2.36. The molecule has 2 heterocycles. The van der Waals surface area contributed by atoms with Gasteiger partial charge in [0.2, 0.25) is 0 Å². The molecule has 0 aromatic carbocycles. The zero-order chi connectivity index (χ0) is 14.6. The molecule has 0 aliphatic carbocycles. The molecule has 2 N–H and O–H groups in total. The number of ether oxygens (including phenoxy) is 1. The van der Waals surface area contributed by atoms with Crippen LogP contribution in [0.1, 0.15) is 32.8 Å². The van der Waals surface area contributed by atoms with Crippen molar-refractivity contribution in [3.8, 4) is 0 Å². The Labute approximate surface area is 120 Å². The first-order valence-electron chi connectivity index (χ1n) is 7.24. The number of rotatable bonds is 4. The van der Waals surface area contributed by atoms with Gasteiger partial charge in [-0.3, -0.25) is 0 Å². The zero-order valence-corrected chi connectivity index (χ0v) is 12.6. The first-order valence-corrected chi connectivity index (χ1v) is 7.24. The predicted octanol–water partition coefficient (Wildman–Crippen LogP) is 2.36. The summed E-state index contributed by atoms with van der Waals surface area (Å²) in [5.41, 5.74) is 0.841. The van der Waals surface area contributed by atoms with Crippen molar-refractivity contribution in [2.24, 2.45) is 5.92 Å². The highest BCUT2D eigenvalue weighted by Crippen LogP contribution is 2.19. The molecule has 1 atom stereocenters. The summed E-state index contributed by atoms with van der Waals surface area (Å²) in [5, 5.41) is 3.44. The Morgan fingerprint density at radius 3 is 3.00 bits per heavy atom. The van der Waals surface area contributed by atoms with Crippen molar-refractivity contribution in [1.82, 2.24) is 15.2 Å². The number of nitrogens with zero attached hydrogens (tertiary/aromatic N) is 1. The number of amides is 1. The number of carbonyl (C=O) groups is 1. The van der Waals surface area contributed by atoms with Gasteiger partial charge in [0.25, 0.3) is 0 Å². The fraction of sp³-hybridized carbons (Fsp3) is 0.667. The molecule has 0 bridgehead atoms. The van der Waals surface area contributed by atoms with Gasteiger partial charge >= 0.3 is 6.09 Å². The number of hydrogen-bond acceptors (Lipinski definition) is 3. The Kier molecular flexibility index (Phi) is 4.70. The maximum atomic E-state index is 11.9. The maximum absolute atomic E-state index is 11.9. The molecule has 20 heavy (non-hydrogen) atoms. The molecular weight excluding hydrogens is 254 g/mol. The van der Waals surface area contributed by atoms with Crippen LogP contribution in [-0.4, -0.2) is 41.2 Å². The summed E-state index contributed by atoms with van der Waals surface area (Å²) >= 11 is 0. The summed E-state index contributed by atoms with van der Waals surface area (Å²) < 4.78 is 5.40. The number of nitrogens with one attached hydrogen (secondary N) is 2. The second kappa shape index (κ2) is 6.31. The van der Waals surface area contributed by atoms with Gasteiger partial charge in [-0.15, -0.1) is 0 Å². The molecule has 112 valence electrons. The average Bonchev–Trinajstić information content (AvgIpc) is 2.97. The summed E-state index contributed by atoms with van der Waals surface area (Å²) in [5.74, 6) is 0.515. The van der Waals surface area contributed by atoms with Crippen LogP contribution in [0.4, 0.5) is 4.79 Å². The van der Waals surface area contributed by atoms with Crippen molar-refractivity contribution in [2.75, 3.05) is 19.6 Å². The van der Waals surface area contributed by atoms with E-state index in [9.17, 15) is 4.79 Å². The summed E-state index contributed by atoms with van der Waals surface area (Å²) in [6, 6.07) is 2.06. The summed E-state index contributed by atoms with van der Waals surface area (Å²) in [6.07, 6.45) is 4.77. The van der Waals surface area contributed by atoms with E-state index in [1.54, 1.807) is 0 Å². The van der Waals surface area contributed by atoms with Gasteiger partial charge in [-0.25, -0.2) is 4.79 Å². The fourth-order valence-corrected chi connectivity index (χ4v) is 2.38. The summed E-state index contributed by atoms with van der Waals surface area (Å²) in [6.45, 7) is 9.09. The number of likely N-dealkylation sites (tertiary alicyclic amines) is 1. The Hall–Kier alpha value is -1.49. The fourth-order valence-electron chi connectivity index (χ4n) is 2.38. The molecule has 0 saturated carbocycles. The number of aromatic nitrogens is 1. The van der Waals surface area contributed by atoms with Crippen LogP contribution < -0.4 is 5.32 Å². The van der Waals surface area contributed by atoms with Crippen LogP contribution in [0.3, 0.4) is 0 Å². The number of hydrogen-bond donors (Lipinski definition) is 2. The van der Waals surface area contributed by atoms with Crippen molar-refractivity contribution in [3.05, 3.63) is 24.0 Å². The molecule has 5 heteroatoms. The largest absolute Gasteiger partial charge is 0.444 e. The molecule has 1 aromatic heterocycles. The SMILES string of the molecule is CC(C)(C)OC(=O)N1CCC(CNCc2cc[nH]c2)C1. The van der Waals surface area contributed by atoms with E-state index in [-0.39, 0.29) is 6.09 Å². The van der Waals surface area contributed by atoms with Crippen molar-refractivity contribution in [3.63, 3.8) is 0 Å². The van der Waals surface area contributed by atoms with Gasteiger partial charge in [0.1, 0.15) is 5.60 Å². The van der Waals surface area contributed by atoms with Gasteiger partial charge in [0.05, 0.1) is 0 Å². The lowest BCUT2D eigenvalue weighted by molar-refractivity contribution is 0.0288. The average molecular weight is 279 g/mol. The smallest absolute Gasteiger partial charge is 0.410 e. The van der Waals surface area contributed by atoms with Gasteiger partial charge < -0.3 is 19.9 Å². The topological polar surface area (TPSA) is 57.4 Å². The van der Waals surface area contributed by atoms with Crippen LogP contribution in [0.5, 0.6) is 0 Å². The maximum Gasteiger partial charge on any atom is 0.410 e. The van der Waals surface area contributed by atoms with E-state index < -0.39 is 5.60 Å². The van der Waals surface area contributed by atoms with Gasteiger partial charge in [0.15, 0.2) is 0 Å². The molecule has 1 aliphatic heterocycles. The lowest BCUT2D eigenvalue weighted by Gasteiger charge is -2.24. The number of H-pyrrole nitrogens is 1. The molecule has 0 radical (unpaired) electrons. The van der Waals surface area contributed by atoms with Crippen molar-refractivity contribution < 1.29 is 9.53 Å². The Balaban J connectivity index is 1.68. The Morgan fingerprint density at radius 1 is 1.55 bits per heavy atom. The van der Waals surface area contributed by atoms with E-state index in [0.29, 0.717) is 5.92 Å². The van der Waals surface area contributed by atoms with Gasteiger partial charge in [-0.2, -0.15) is 0 Å². The Morgan fingerprint density at radius 2 is 2.35 bits per heavy atom. The van der Waals surface area contributed by atoms with Crippen molar-refractivity contribution >= 4 is 6.09 Å². The molecule has 5 nitrogen and oxygen atoms in total. The standard InChI is InChI=1S/C15H25N3O2/c1-15(2,3)20-14(19)18-7-5-13(11-18)10-17-9-12-4-6-16-8-12/h4,6,8,13,16-17H,5,7,9-11H2,1-3H3. The highest BCUT2D eigenvalue weighted by molar-refractivity contribution is 5.68. The first-order chi connectivity index (χ1) is 9.44. The minimum absolute atomic E-state index is 0.189. The summed E-state index contributed by atoms with van der Waals surface area (Å²) in [4.78, 5) is 16.8. The number of aromatic amines is 1. The van der Waals surface area contributed by atoms with E-state index in [1.165, 1.54) is 5.56 Å². The van der Waals surface area contributed by atoms with E-state index in [2.05, 4.69) is 16.4 Å². The molecule has 2 rings (SSSR count). The van der Waals surface area contributed by atoms with Crippen LogP contribution in [-0.2, 0) is 11.3 Å². The lowest BCUT2D eigenvalue weighted by atomic mass is 10.1. The predicted molar refractivity (Wildman–Crippen MR) is 78.4 cm³/mol. The van der Waals surface area contributed by atoms with Crippen LogP contribution >= 0.6 is 0 Å². The highest BCUT2D eigenvalue weighted by Gasteiger charge is 2.29. The molecule has 1 unspecified atom stereocenters. The molecular formula is C15H25N3O2. The van der Waals surface area contributed by atoms with Crippen LogP contribution in [0.15, 0.2) is 18.5 Å². The quantitative estimate of drug-likeness (QED) is 0.889. The van der Waals surface area contributed by atoms with E-state index in [0.717, 1.165) is 32.6 Å². The monoisotopic (exact) mass is 279 g/mol. The summed E-state index contributed by atoms with van der Waals surface area (Å²) in [7, 11) is 0. The van der Waals surface area contributed by atoms with E-state index in [1.807, 2.05) is 38.1 Å². The van der Waals surface area contributed by atoms with Crippen molar-refractivity contribution in [2.45, 2.75) is 39.3 Å². The number of carbonyl (C=O) groups excluding carboxylic acids is 1. The molecule has 1 fully saturated rings. The Bertz CT molecular complexity index is 423. The molecule has 1 aromatic rings. The van der Waals surface area contributed by atoms with Crippen LogP contribution in [0.2, 0.25) is 0 Å². The third-order valence-corrected chi connectivity index (χ3v) is 3.36. The minimum atomic E-state index is -0.415. The second-order valence-electron chi connectivity index (χ2n) is 6.43.